The Morgan fingerprint density at radius 2 is 1.50 bits per heavy atom. The minimum atomic E-state index is -2.62. The van der Waals surface area contributed by atoms with Gasteiger partial charge in [0.1, 0.15) is 0 Å². The highest BCUT2D eigenvalue weighted by atomic mass is 32.2. The summed E-state index contributed by atoms with van der Waals surface area (Å²) >= 11 is 0. The fourth-order valence-corrected chi connectivity index (χ4v) is 0.313. The normalized spacial score (nSPS) is 8.20. The molecule has 2 N–H and O–H groups in total. The van der Waals surface area contributed by atoms with Crippen LogP contribution in [0.1, 0.15) is 0 Å². The molecule has 0 aliphatic rings. The van der Waals surface area contributed by atoms with Gasteiger partial charge < -0.3 is 0 Å². The largest absolute Gasteiger partial charge is 0.265 e. The summed E-state index contributed by atoms with van der Waals surface area (Å²) in [7, 11) is -2.62. The Kier molecular flexibility index (Phi) is 5.60. The number of rotatable bonds is 0. The lowest BCUT2D eigenvalue weighted by atomic mass is 10.5. The molecule has 10 heavy (non-hydrogen) atoms. The summed E-state index contributed by atoms with van der Waals surface area (Å²) in [5, 5.41) is 4.06. The van der Waals surface area contributed by atoms with Crippen LogP contribution in [0.2, 0.25) is 0 Å². The molecule has 0 atom stereocenters. The van der Waals surface area contributed by atoms with E-state index in [0.717, 1.165) is 0 Å². The molecule has 4 nitrogen and oxygen atoms in total. The van der Waals surface area contributed by atoms with Gasteiger partial charge in [0, 0.05) is 12.4 Å². The predicted molar refractivity (Wildman–Crippen MR) is 38.7 cm³/mol. The molecule has 0 aliphatic carbocycles. The quantitative estimate of drug-likeness (QED) is 0.505. The highest BCUT2D eigenvalue weighted by Gasteiger charge is 1.58. The van der Waals surface area contributed by atoms with E-state index in [1.807, 2.05) is 18.2 Å². The smallest absolute Gasteiger partial charge is 0.198 e. The van der Waals surface area contributed by atoms with E-state index >= 15 is 0 Å². The molecule has 56 valence electrons. The fraction of sp³-hybridized carbons (Fsp3) is 0. The maximum Gasteiger partial charge on any atom is 0.198 e. The first kappa shape index (κ1) is 9.06. The molecular weight excluding hydrogens is 152 g/mol. The van der Waals surface area contributed by atoms with Crippen LogP contribution in [-0.2, 0) is 10.9 Å². The Hall–Kier alpha value is -0.940. The Balaban J connectivity index is 0.000000180. The summed E-state index contributed by atoms with van der Waals surface area (Å²) in [5.74, 6) is 0. The molecule has 0 fully saturated rings. The van der Waals surface area contributed by atoms with Crippen molar-refractivity contribution >= 4 is 10.9 Å². The van der Waals surface area contributed by atoms with Gasteiger partial charge in [0.25, 0.3) is 0 Å². The number of hydrogen-bond donors (Lipinski definition) is 2. The molecule has 5 heteroatoms. The van der Waals surface area contributed by atoms with E-state index in [1.54, 1.807) is 12.4 Å². The SMILES string of the molecule is N[SH](=O)=O.c1ccncc1. The second-order valence-corrected chi connectivity index (χ2v) is 1.88. The molecule has 0 spiro atoms. The average Bonchev–Trinajstić information content (AvgIpc) is 1.90. The van der Waals surface area contributed by atoms with Gasteiger partial charge in [-0.2, -0.15) is 0 Å². The zero-order valence-electron chi connectivity index (χ0n) is 5.18. The molecule has 0 amide bonds. The van der Waals surface area contributed by atoms with Crippen LogP contribution >= 0.6 is 0 Å². The first-order valence-electron chi connectivity index (χ1n) is 2.47. The number of hydrogen-bond acceptors (Lipinski definition) is 3. The highest BCUT2D eigenvalue weighted by Crippen LogP contribution is 1.73. The van der Waals surface area contributed by atoms with Gasteiger partial charge in [-0.3, -0.25) is 4.98 Å². The lowest BCUT2D eigenvalue weighted by molar-refractivity contribution is 0.616. The van der Waals surface area contributed by atoms with E-state index in [9.17, 15) is 0 Å². The number of thiol groups is 1. The first-order chi connectivity index (χ1) is 4.73. The third kappa shape index (κ3) is 10.1. The molecule has 1 rings (SSSR count). The van der Waals surface area contributed by atoms with Crippen molar-refractivity contribution in [3.8, 4) is 0 Å². The number of nitrogens with two attached hydrogens (primary N) is 1. The molecule has 0 unspecified atom stereocenters. The van der Waals surface area contributed by atoms with E-state index in [-0.39, 0.29) is 0 Å². The highest BCUT2D eigenvalue weighted by molar-refractivity contribution is 7.69. The van der Waals surface area contributed by atoms with Crippen LogP contribution in [-0.4, -0.2) is 13.4 Å². The van der Waals surface area contributed by atoms with Gasteiger partial charge in [-0.25, -0.2) is 13.6 Å². The molecule has 0 bridgehead atoms. The van der Waals surface area contributed by atoms with E-state index in [0.29, 0.717) is 0 Å². The molecule has 1 heterocycles. The molecule has 0 radical (unpaired) electrons. The van der Waals surface area contributed by atoms with E-state index in [1.165, 1.54) is 0 Å². The standard InChI is InChI=1S/C5H5N.H3NO2S/c1-2-4-6-5-3-1;1-4(2)3/h1-5H;4H,(H2,1,2,3). The average molecular weight is 160 g/mol. The zero-order chi connectivity index (χ0) is 7.82. The van der Waals surface area contributed by atoms with Crippen molar-refractivity contribution in [1.29, 1.82) is 0 Å². The van der Waals surface area contributed by atoms with Crippen LogP contribution in [0.15, 0.2) is 30.6 Å². The first-order valence-corrected chi connectivity index (χ1v) is 3.72. The number of nitrogens with zero attached hydrogens (tertiary/aromatic N) is 1. The van der Waals surface area contributed by atoms with Gasteiger partial charge in [0.15, 0.2) is 10.9 Å². The van der Waals surface area contributed by atoms with Crippen molar-refractivity contribution in [2.45, 2.75) is 0 Å². The summed E-state index contributed by atoms with van der Waals surface area (Å²) in [5.41, 5.74) is 0. The van der Waals surface area contributed by atoms with Crippen LogP contribution in [0.3, 0.4) is 0 Å². The molecule has 0 saturated carbocycles. The lowest BCUT2D eigenvalue weighted by Gasteiger charge is -1.70. The number of pyridine rings is 1. The lowest BCUT2D eigenvalue weighted by Crippen LogP contribution is -1.85. The molecule has 0 aromatic carbocycles. The van der Waals surface area contributed by atoms with Crippen molar-refractivity contribution in [3.63, 3.8) is 0 Å². The summed E-state index contributed by atoms with van der Waals surface area (Å²) in [4.78, 5) is 3.78. The zero-order valence-corrected chi connectivity index (χ0v) is 6.07. The summed E-state index contributed by atoms with van der Waals surface area (Å²) in [6.07, 6.45) is 3.50. The van der Waals surface area contributed by atoms with Crippen LogP contribution in [0.25, 0.3) is 0 Å². The van der Waals surface area contributed by atoms with Crippen molar-refractivity contribution in [1.82, 2.24) is 4.98 Å². The molecule has 0 aliphatic heterocycles. The fourth-order valence-electron chi connectivity index (χ4n) is 0.313. The van der Waals surface area contributed by atoms with Crippen LogP contribution < -0.4 is 5.14 Å². The van der Waals surface area contributed by atoms with Crippen molar-refractivity contribution < 1.29 is 8.42 Å². The van der Waals surface area contributed by atoms with Gasteiger partial charge in [0.05, 0.1) is 0 Å². The van der Waals surface area contributed by atoms with Crippen LogP contribution in [0.4, 0.5) is 0 Å². The molecule has 0 saturated heterocycles. The van der Waals surface area contributed by atoms with Gasteiger partial charge in [-0.15, -0.1) is 0 Å². The third-order valence-electron chi connectivity index (χ3n) is 0.566. The van der Waals surface area contributed by atoms with Gasteiger partial charge in [-0.05, 0) is 12.1 Å². The molecule has 1 aromatic rings. The van der Waals surface area contributed by atoms with E-state index in [2.05, 4.69) is 10.1 Å². The molecular formula is C5H8N2O2S. The number of aromatic nitrogens is 1. The second-order valence-electron chi connectivity index (χ2n) is 1.31. The van der Waals surface area contributed by atoms with Crippen LogP contribution in [0.5, 0.6) is 0 Å². The summed E-state index contributed by atoms with van der Waals surface area (Å²) in [6.45, 7) is 0. The predicted octanol–water partition coefficient (Wildman–Crippen LogP) is -0.447. The minimum Gasteiger partial charge on any atom is -0.265 e. The Morgan fingerprint density at radius 3 is 1.60 bits per heavy atom. The Bertz CT molecular complexity index is 188. The minimum absolute atomic E-state index is 1.75. The topological polar surface area (TPSA) is 73.1 Å². The van der Waals surface area contributed by atoms with Gasteiger partial charge in [0.2, 0.25) is 0 Å². The van der Waals surface area contributed by atoms with Crippen LogP contribution in [0, 0.1) is 0 Å². The third-order valence-corrected chi connectivity index (χ3v) is 0.566. The van der Waals surface area contributed by atoms with Crippen molar-refractivity contribution in [3.05, 3.63) is 30.6 Å². The maximum atomic E-state index is 8.81. The maximum absolute atomic E-state index is 8.81. The van der Waals surface area contributed by atoms with E-state index < -0.39 is 10.9 Å². The monoisotopic (exact) mass is 160 g/mol. The van der Waals surface area contributed by atoms with Gasteiger partial charge >= 0.3 is 0 Å². The van der Waals surface area contributed by atoms with E-state index in [4.69, 9.17) is 8.42 Å². The Morgan fingerprint density at radius 1 is 1.10 bits per heavy atom. The summed E-state index contributed by atoms with van der Waals surface area (Å²) in [6, 6.07) is 5.72. The second kappa shape index (κ2) is 6.18. The van der Waals surface area contributed by atoms with Gasteiger partial charge in [-0.1, -0.05) is 6.07 Å². The Labute approximate surface area is 60.8 Å². The van der Waals surface area contributed by atoms with Crippen molar-refractivity contribution in [2.24, 2.45) is 5.14 Å². The molecule has 1 aromatic heterocycles. The van der Waals surface area contributed by atoms with Crippen molar-refractivity contribution in [2.75, 3.05) is 0 Å². The summed E-state index contributed by atoms with van der Waals surface area (Å²) < 4.78 is 17.6.